The predicted octanol–water partition coefficient (Wildman–Crippen LogP) is -4.79. The molecule has 0 aliphatic rings. The molecule has 8 heteroatoms. The Morgan fingerprint density at radius 2 is 0.375 bits per heavy atom. The third-order valence-corrected chi connectivity index (χ3v) is 0. The van der Waals surface area contributed by atoms with Crippen LogP contribution < -0.4 is 6.15 Å². The molecule has 0 aromatic rings. The smallest absolute Gasteiger partial charge is 0.412 e. The quantitative estimate of drug-likeness (QED) is 0.384. The summed E-state index contributed by atoms with van der Waals surface area (Å²) in [6, 6.07) is 0. The zero-order valence-electron chi connectivity index (χ0n) is 4.04. The second-order valence-corrected chi connectivity index (χ2v) is 0. The Bertz CT molecular complexity index is 8.49. The van der Waals surface area contributed by atoms with E-state index in [2.05, 4.69) is 0 Å². The van der Waals surface area contributed by atoms with Crippen LogP contribution in [0.1, 0.15) is 0 Å². The maximum atomic E-state index is 0. The van der Waals surface area contributed by atoms with Gasteiger partial charge in [-0.05, 0) is 0 Å². The van der Waals surface area contributed by atoms with E-state index < -0.39 is 0 Å². The molecule has 0 saturated heterocycles. The van der Waals surface area contributed by atoms with Crippen LogP contribution >= 0.6 is 0 Å². The van der Waals surface area contributed by atoms with E-state index in [-0.39, 0.29) is 55.8 Å². The first-order valence-electron chi connectivity index (χ1n) is 0. The van der Waals surface area contributed by atoms with Crippen LogP contribution in [0, 0.1) is 0 Å². The van der Waals surface area contributed by atoms with Crippen LogP contribution in [0.4, 0.5) is 0 Å². The SMILES string of the molecule is N.O.O.O.O.O.O.[Co+2]. The van der Waals surface area contributed by atoms with Gasteiger partial charge in [-0.15, -0.1) is 0 Å². The number of hydrogen-bond acceptors (Lipinski definition) is 1. The molecule has 0 unspecified atom stereocenters. The summed E-state index contributed by atoms with van der Waals surface area (Å²) in [6.07, 6.45) is 0. The van der Waals surface area contributed by atoms with Crippen molar-refractivity contribution in [3.05, 3.63) is 0 Å². The van der Waals surface area contributed by atoms with E-state index in [0.29, 0.717) is 0 Å². The molecule has 15 N–H and O–H groups in total. The summed E-state index contributed by atoms with van der Waals surface area (Å²) in [5.41, 5.74) is 0. The van der Waals surface area contributed by atoms with Gasteiger partial charge in [-0.3, -0.25) is 0 Å². The van der Waals surface area contributed by atoms with Gasteiger partial charge in [0.25, 0.3) is 0 Å². The average molecular weight is 184 g/mol. The van der Waals surface area contributed by atoms with Gasteiger partial charge < -0.3 is 39.0 Å². The van der Waals surface area contributed by atoms with Crippen molar-refractivity contribution in [1.29, 1.82) is 0 Å². The molecule has 0 fully saturated rings. The first kappa shape index (κ1) is 8370. The maximum absolute atomic E-state index is 0. The zero-order chi connectivity index (χ0) is 0. The molecule has 0 aromatic carbocycles. The molecule has 0 bridgehead atoms. The molecule has 1 radical (unpaired) electrons. The summed E-state index contributed by atoms with van der Waals surface area (Å²) in [6.45, 7) is 0. The first-order valence-corrected chi connectivity index (χ1v) is 0. The van der Waals surface area contributed by atoms with E-state index in [1.54, 1.807) is 0 Å². The molecule has 0 rings (SSSR count). The molecule has 0 saturated carbocycles. The Morgan fingerprint density at radius 1 is 0.375 bits per heavy atom. The van der Waals surface area contributed by atoms with E-state index in [9.17, 15) is 0 Å². The van der Waals surface area contributed by atoms with E-state index in [4.69, 9.17) is 0 Å². The van der Waals surface area contributed by atoms with E-state index in [1.165, 1.54) is 0 Å². The molecular formula is H15CoNO6+2. The topological polar surface area (TPSA) is 224 Å². The van der Waals surface area contributed by atoms with Crippen molar-refractivity contribution in [2.75, 3.05) is 0 Å². The third-order valence-electron chi connectivity index (χ3n) is 0. The standard InChI is InChI=1S/Co.H3N.6H2O/h;1H3;6*1H2/q+2;;;;;;;. The second-order valence-electron chi connectivity index (χ2n) is 0. The predicted molar refractivity (Wildman–Crippen MR) is 26.7 cm³/mol. The van der Waals surface area contributed by atoms with Gasteiger partial charge in [0.2, 0.25) is 0 Å². The molecule has 8 heavy (non-hydrogen) atoms. The van der Waals surface area contributed by atoms with Crippen LogP contribution in [-0.4, -0.2) is 32.9 Å². The second kappa shape index (κ2) is 5460. The first-order chi connectivity index (χ1) is 0. The van der Waals surface area contributed by atoms with Gasteiger partial charge in [0.15, 0.2) is 0 Å². The summed E-state index contributed by atoms with van der Waals surface area (Å²) in [4.78, 5) is 0. The fourth-order valence-electron chi connectivity index (χ4n) is 0. The number of hydrogen-bond donors (Lipinski definition) is 1. The van der Waals surface area contributed by atoms with Gasteiger partial charge in [0.05, 0.1) is 0 Å². The van der Waals surface area contributed by atoms with Gasteiger partial charge in [-0.1, -0.05) is 0 Å². The molecule has 0 aliphatic heterocycles. The Kier molecular flexibility index (Phi) is 5720000. The normalized spacial score (nSPS) is 0. The van der Waals surface area contributed by atoms with Gasteiger partial charge in [-0.25, -0.2) is 0 Å². The van der Waals surface area contributed by atoms with Gasteiger partial charge >= 0.3 is 16.8 Å². The van der Waals surface area contributed by atoms with Crippen molar-refractivity contribution in [2.24, 2.45) is 0 Å². The summed E-state index contributed by atoms with van der Waals surface area (Å²) < 4.78 is 0. The minimum Gasteiger partial charge on any atom is -0.412 e. The summed E-state index contributed by atoms with van der Waals surface area (Å²) in [5.74, 6) is 0. The molecule has 0 atom stereocenters. The van der Waals surface area contributed by atoms with Crippen LogP contribution in [0.25, 0.3) is 0 Å². The van der Waals surface area contributed by atoms with Crippen molar-refractivity contribution >= 4 is 0 Å². The minimum atomic E-state index is 0. The van der Waals surface area contributed by atoms with Crippen molar-refractivity contribution in [3.63, 3.8) is 0 Å². The molecular weight excluding hydrogens is 169 g/mol. The largest absolute Gasteiger partial charge is 2.00 e. The Labute approximate surface area is 56.7 Å². The van der Waals surface area contributed by atoms with Crippen LogP contribution in [0.5, 0.6) is 0 Å². The minimum absolute atomic E-state index is 0. The molecule has 0 aromatic heterocycles. The number of rotatable bonds is 0. The molecule has 0 aliphatic carbocycles. The fraction of sp³-hybridized carbons (Fsp3) is 0. The molecule has 63 valence electrons. The Balaban J connectivity index is 0. The van der Waals surface area contributed by atoms with Crippen molar-refractivity contribution in [1.82, 2.24) is 6.15 Å². The Hall–Kier alpha value is 0.226. The van der Waals surface area contributed by atoms with E-state index in [1.807, 2.05) is 0 Å². The van der Waals surface area contributed by atoms with Crippen LogP contribution in [0.3, 0.4) is 0 Å². The summed E-state index contributed by atoms with van der Waals surface area (Å²) in [7, 11) is 0. The zero-order valence-corrected chi connectivity index (χ0v) is 5.08. The van der Waals surface area contributed by atoms with Crippen molar-refractivity contribution in [3.8, 4) is 0 Å². The van der Waals surface area contributed by atoms with Crippen LogP contribution in [-0.2, 0) is 16.8 Å². The molecule has 7 nitrogen and oxygen atoms in total. The van der Waals surface area contributed by atoms with Gasteiger partial charge in [-0.2, -0.15) is 0 Å². The molecule has 0 spiro atoms. The Morgan fingerprint density at radius 3 is 0.375 bits per heavy atom. The monoisotopic (exact) mass is 184 g/mol. The maximum Gasteiger partial charge on any atom is 2.00 e. The van der Waals surface area contributed by atoms with E-state index >= 15 is 0 Å². The summed E-state index contributed by atoms with van der Waals surface area (Å²) in [5, 5.41) is 0. The average Bonchev–Trinajstić information content (AvgIpc) is 0. The van der Waals surface area contributed by atoms with Crippen LogP contribution in [0.2, 0.25) is 0 Å². The molecule has 0 amide bonds. The van der Waals surface area contributed by atoms with Crippen molar-refractivity contribution in [2.45, 2.75) is 0 Å². The van der Waals surface area contributed by atoms with Crippen LogP contribution in [0.15, 0.2) is 0 Å². The van der Waals surface area contributed by atoms with E-state index in [0.717, 1.165) is 0 Å². The fourth-order valence-corrected chi connectivity index (χ4v) is 0. The third kappa shape index (κ3) is 3320. The van der Waals surface area contributed by atoms with Crippen molar-refractivity contribution < 1.29 is 49.6 Å². The molecule has 0 heterocycles. The van der Waals surface area contributed by atoms with Gasteiger partial charge in [0.1, 0.15) is 0 Å². The van der Waals surface area contributed by atoms with Gasteiger partial charge in [0, 0.05) is 0 Å². The summed E-state index contributed by atoms with van der Waals surface area (Å²) >= 11 is 0.